The van der Waals surface area contributed by atoms with Crippen LogP contribution in [0.2, 0.25) is 0 Å². The van der Waals surface area contributed by atoms with Gasteiger partial charge >= 0.3 is 0 Å². The molecule has 5 nitrogen and oxygen atoms in total. The molecule has 0 aromatic carbocycles. The summed E-state index contributed by atoms with van der Waals surface area (Å²) in [7, 11) is 0. The molecule has 0 saturated heterocycles. The standard InChI is InChI=1S/C10H11N5/c11-6-1-2-14-9(3-6)7-5-15-10(13)4-8(7)12/h1-5H,(H2,11,14)(H4,12,13,15). The van der Waals surface area contributed by atoms with Gasteiger partial charge in [0, 0.05) is 35.4 Å². The van der Waals surface area contributed by atoms with Crippen LogP contribution in [0.3, 0.4) is 0 Å². The molecule has 0 fully saturated rings. The zero-order chi connectivity index (χ0) is 10.8. The molecule has 0 amide bonds. The van der Waals surface area contributed by atoms with Gasteiger partial charge < -0.3 is 17.2 Å². The fourth-order valence-electron chi connectivity index (χ4n) is 1.30. The van der Waals surface area contributed by atoms with E-state index >= 15 is 0 Å². The van der Waals surface area contributed by atoms with Crippen LogP contribution in [0.25, 0.3) is 11.3 Å². The minimum atomic E-state index is 0.389. The molecule has 0 saturated carbocycles. The van der Waals surface area contributed by atoms with Crippen LogP contribution in [0.5, 0.6) is 0 Å². The summed E-state index contributed by atoms with van der Waals surface area (Å²) in [6.07, 6.45) is 3.22. The fourth-order valence-corrected chi connectivity index (χ4v) is 1.30. The molecule has 0 atom stereocenters. The number of anilines is 3. The maximum atomic E-state index is 5.80. The first-order chi connectivity index (χ1) is 7.16. The van der Waals surface area contributed by atoms with Gasteiger partial charge in [-0.2, -0.15) is 0 Å². The number of nitrogens with two attached hydrogens (primary N) is 3. The number of hydrogen-bond acceptors (Lipinski definition) is 5. The minimum Gasteiger partial charge on any atom is -0.399 e. The molecule has 2 rings (SSSR count). The number of hydrogen-bond donors (Lipinski definition) is 3. The molecule has 76 valence electrons. The lowest BCUT2D eigenvalue weighted by atomic mass is 10.1. The van der Waals surface area contributed by atoms with E-state index in [0.717, 1.165) is 5.56 Å². The van der Waals surface area contributed by atoms with E-state index in [1.54, 1.807) is 30.6 Å². The summed E-state index contributed by atoms with van der Waals surface area (Å²) in [6, 6.07) is 5.05. The first kappa shape index (κ1) is 9.26. The van der Waals surface area contributed by atoms with Crippen molar-refractivity contribution < 1.29 is 0 Å². The van der Waals surface area contributed by atoms with Crippen LogP contribution >= 0.6 is 0 Å². The molecule has 2 heterocycles. The van der Waals surface area contributed by atoms with Crippen molar-refractivity contribution in [2.75, 3.05) is 17.2 Å². The van der Waals surface area contributed by atoms with Crippen molar-refractivity contribution in [1.29, 1.82) is 0 Å². The summed E-state index contributed by atoms with van der Waals surface area (Å²) in [5.74, 6) is 0.389. The summed E-state index contributed by atoms with van der Waals surface area (Å²) in [5.41, 5.74) is 19.6. The van der Waals surface area contributed by atoms with Crippen molar-refractivity contribution in [3.05, 3.63) is 30.6 Å². The van der Waals surface area contributed by atoms with E-state index in [1.165, 1.54) is 0 Å². The van der Waals surface area contributed by atoms with Gasteiger partial charge in [-0.3, -0.25) is 4.98 Å². The molecule has 0 bridgehead atoms. The van der Waals surface area contributed by atoms with Crippen LogP contribution in [0, 0.1) is 0 Å². The molecule has 0 spiro atoms. The predicted molar refractivity (Wildman–Crippen MR) is 60.7 cm³/mol. The van der Waals surface area contributed by atoms with E-state index in [2.05, 4.69) is 9.97 Å². The van der Waals surface area contributed by atoms with Crippen molar-refractivity contribution in [2.45, 2.75) is 0 Å². The molecule has 2 aromatic heterocycles. The Morgan fingerprint density at radius 1 is 1.00 bits per heavy atom. The summed E-state index contributed by atoms with van der Waals surface area (Å²) >= 11 is 0. The van der Waals surface area contributed by atoms with Crippen LogP contribution < -0.4 is 17.2 Å². The Labute approximate surface area is 86.9 Å². The Kier molecular flexibility index (Phi) is 2.13. The van der Waals surface area contributed by atoms with Gasteiger partial charge in [0.15, 0.2) is 0 Å². The van der Waals surface area contributed by atoms with Crippen molar-refractivity contribution in [1.82, 2.24) is 9.97 Å². The topological polar surface area (TPSA) is 104 Å². The quantitative estimate of drug-likeness (QED) is 0.635. The van der Waals surface area contributed by atoms with Gasteiger partial charge in [0.2, 0.25) is 0 Å². The number of pyridine rings is 2. The van der Waals surface area contributed by atoms with Gasteiger partial charge in [-0.05, 0) is 12.1 Å². The SMILES string of the molecule is Nc1ccnc(-c2cnc(N)cc2N)c1. The maximum absolute atomic E-state index is 5.80. The van der Waals surface area contributed by atoms with Gasteiger partial charge in [-0.1, -0.05) is 0 Å². The Bertz CT molecular complexity index is 495. The van der Waals surface area contributed by atoms with Gasteiger partial charge in [0.05, 0.1) is 5.69 Å². The monoisotopic (exact) mass is 201 g/mol. The van der Waals surface area contributed by atoms with E-state index in [4.69, 9.17) is 17.2 Å². The second kappa shape index (κ2) is 3.45. The normalized spacial score (nSPS) is 10.1. The molecule has 6 N–H and O–H groups in total. The van der Waals surface area contributed by atoms with Gasteiger partial charge in [0.25, 0.3) is 0 Å². The first-order valence-corrected chi connectivity index (χ1v) is 4.40. The highest BCUT2D eigenvalue weighted by molar-refractivity contribution is 5.75. The highest BCUT2D eigenvalue weighted by Gasteiger charge is 2.05. The molecule has 0 aliphatic carbocycles. The zero-order valence-electron chi connectivity index (χ0n) is 8.01. The lowest BCUT2D eigenvalue weighted by molar-refractivity contribution is 1.29. The van der Waals surface area contributed by atoms with Gasteiger partial charge in [-0.15, -0.1) is 0 Å². The van der Waals surface area contributed by atoms with Gasteiger partial charge in [-0.25, -0.2) is 4.98 Å². The molecular formula is C10H11N5. The molecule has 0 radical (unpaired) electrons. The van der Waals surface area contributed by atoms with E-state index in [1.807, 2.05) is 0 Å². The number of nitrogen functional groups attached to an aromatic ring is 3. The fraction of sp³-hybridized carbons (Fsp3) is 0. The Hall–Kier alpha value is -2.30. The molecule has 0 aliphatic rings. The van der Waals surface area contributed by atoms with Crippen molar-refractivity contribution >= 4 is 17.2 Å². The lowest BCUT2D eigenvalue weighted by Gasteiger charge is -2.05. The second-order valence-electron chi connectivity index (χ2n) is 3.17. The van der Waals surface area contributed by atoms with Crippen LogP contribution in [0.1, 0.15) is 0 Å². The molecule has 2 aromatic rings. The highest BCUT2D eigenvalue weighted by atomic mass is 14.8. The first-order valence-electron chi connectivity index (χ1n) is 4.40. The molecule has 0 unspecified atom stereocenters. The van der Waals surface area contributed by atoms with Crippen LogP contribution in [0.15, 0.2) is 30.6 Å². The van der Waals surface area contributed by atoms with Crippen LogP contribution in [-0.4, -0.2) is 9.97 Å². The van der Waals surface area contributed by atoms with Crippen molar-refractivity contribution in [2.24, 2.45) is 0 Å². The smallest absolute Gasteiger partial charge is 0.125 e. The molecular weight excluding hydrogens is 190 g/mol. The third-order valence-corrected chi connectivity index (χ3v) is 2.02. The van der Waals surface area contributed by atoms with Crippen molar-refractivity contribution in [3.8, 4) is 11.3 Å². The third-order valence-electron chi connectivity index (χ3n) is 2.02. The summed E-state index contributed by atoms with van der Waals surface area (Å²) < 4.78 is 0. The van der Waals surface area contributed by atoms with Crippen LogP contribution in [0.4, 0.5) is 17.2 Å². The summed E-state index contributed by atoms with van der Waals surface area (Å²) in [5, 5.41) is 0. The Balaban J connectivity index is 2.54. The minimum absolute atomic E-state index is 0.389. The zero-order valence-corrected chi connectivity index (χ0v) is 8.01. The number of nitrogens with zero attached hydrogens (tertiary/aromatic N) is 2. The van der Waals surface area contributed by atoms with Crippen LogP contribution in [-0.2, 0) is 0 Å². The predicted octanol–water partition coefficient (Wildman–Crippen LogP) is 0.890. The number of aromatic nitrogens is 2. The highest BCUT2D eigenvalue weighted by Crippen LogP contribution is 2.25. The summed E-state index contributed by atoms with van der Waals surface area (Å²) in [4.78, 5) is 8.12. The average molecular weight is 201 g/mol. The average Bonchev–Trinajstić information content (AvgIpc) is 2.17. The van der Waals surface area contributed by atoms with Gasteiger partial charge in [0.1, 0.15) is 5.82 Å². The molecule has 0 aliphatic heterocycles. The van der Waals surface area contributed by atoms with E-state index in [9.17, 15) is 0 Å². The lowest BCUT2D eigenvalue weighted by Crippen LogP contribution is -1.97. The van der Waals surface area contributed by atoms with Crippen molar-refractivity contribution in [3.63, 3.8) is 0 Å². The molecule has 5 heteroatoms. The largest absolute Gasteiger partial charge is 0.399 e. The maximum Gasteiger partial charge on any atom is 0.125 e. The van der Waals surface area contributed by atoms with E-state index in [-0.39, 0.29) is 0 Å². The second-order valence-corrected chi connectivity index (χ2v) is 3.17. The third kappa shape index (κ3) is 1.80. The Morgan fingerprint density at radius 3 is 2.47 bits per heavy atom. The number of rotatable bonds is 1. The summed E-state index contributed by atoms with van der Waals surface area (Å²) in [6.45, 7) is 0. The van der Waals surface area contributed by atoms with E-state index < -0.39 is 0 Å². The Morgan fingerprint density at radius 2 is 1.80 bits per heavy atom. The molecule has 15 heavy (non-hydrogen) atoms. The van der Waals surface area contributed by atoms with E-state index in [0.29, 0.717) is 22.9 Å².